The van der Waals surface area contributed by atoms with Crippen molar-refractivity contribution in [2.24, 2.45) is 0 Å². The number of aliphatic hydroxyl groups is 1. The normalized spacial score (nSPS) is 11.5. The molecular weight excluding hydrogens is 199 g/mol. The second kappa shape index (κ2) is 5.74. The van der Waals surface area contributed by atoms with Crippen molar-refractivity contribution in [3.8, 4) is 5.75 Å². The summed E-state index contributed by atoms with van der Waals surface area (Å²) in [5.74, 6) is -1.88. The summed E-state index contributed by atoms with van der Waals surface area (Å²) in [6.07, 6.45) is -1.77. The maximum Gasteiger partial charge on any atom is 1.00 e. The van der Waals surface area contributed by atoms with Crippen LogP contribution < -0.4 is 56.5 Å². The Labute approximate surface area is 118 Å². The van der Waals surface area contributed by atoms with E-state index in [0.717, 1.165) is 0 Å². The topological polar surface area (TPSA) is 80.6 Å². The number of phenolic OH excluding ortho intramolecular Hbond substituents is 1. The zero-order valence-corrected chi connectivity index (χ0v) is 10.2. The number of aromatic hydroxyl groups is 1. The third-order valence-electron chi connectivity index (χ3n) is 1.45. The third kappa shape index (κ3) is 3.38. The van der Waals surface area contributed by atoms with Gasteiger partial charge in [0.05, 0.1) is 5.97 Å². The molecule has 0 amide bonds. The van der Waals surface area contributed by atoms with Gasteiger partial charge in [-0.3, -0.25) is 0 Å². The van der Waals surface area contributed by atoms with Gasteiger partial charge in [-0.2, -0.15) is 0 Å². The number of carboxylic acid groups (broad SMARTS) is 1. The SMILES string of the molecule is O=C([O-])C(O)c1ccccc1O.[K+]. The molecule has 13 heavy (non-hydrogen) atoms. The summed E-state index contributed by atoms with van der Waals surface area (Å²) < 4.78 is 0. The van der Waals surface area contributed by atoms with Crippen LogP contribution >= 0.6 is 0 Å². The van der Waals surface area contributed by atoms with Gasteiger partial charge in [0.1, 0.15) is 11.9 Å². The van der Waals surface area contributed by atoms with Gasteiger partial charge < -0.3 is 20.1 Å². The van der Waals surface area contributed by atoms with Crippen molar-refractivity contribution in [2.75, 3.05) is 0 Å². The van der Waals surface area contributed by atoms with E-state index >= 15 is 0 Å². The first-order chi connectivity index (χ1) is 5.63. The monoisotopic (exact) mass is 206 g/mol. The Bertz CT molecular complexity index is 300. The number of para-hydroxylation sites is 1. The number of carbonyl (C=O) groups excluding carboxylic acids is 1. The van der Waals surface area contributed by atoms with Crippen molar-refractivity contribution in [1.82, 2.24) is 0 Å². The Morgan fingerprint density at radius 3 is 2.38 bits per heavy atom. The van der Waals surface area contributed by atoms with Crippen LogP contribution in [0.25, 0.3) is 0 Å². The minimum atomic E-state index is -1.77. The maximum atomic E-state index is 10.2. The molecule has 0 bridgehead atoms. The van der Waals surface area contributed by atoms with E-state index in [1.807, 2.05) is 0 Å². The van der Waals surface area contributed by atoms with Crippen molar-refractivity contribution in [1.29, 1.82) is 0 Å². The molecule has 0 aliphatic carbocycles. The second-order valence-electron chi connectivity index (χ2n) is 2.28. The van der Waals surface area contributed by atoms with E-state index in [9.17, 15) is 9.90 Å². The van der Waals surface area contributed by atoms with Crippen LogP contribution in [-0.2, 0) is 4.79 Å². The van der Waals surface area contributed by atoms with Crippen LogP contribution in [0.2, 0.25) is 0 Å². The summed E-state index contributed by atoms with van der Waals surface area (Å²) in [5.41, 5.74) is -0.0579. The first-order valence-corrected chi connectivity index (χ1v) is 3.29. The van der Waals surface area contributed by atoms with E-state index in [1.165, 1.54) is 24.3 Å². The molecule has 1 aromatic carbocycles. The summed E-state index contributed by atoms with van der Waals surface area (Å²) in [7, 11) is 0. The third-order valence-corrected chi connectivity index (χ3v) is 1.45. The van der Waals surface area contributed by atoms with E-state index in [0.29, 0.717) is 0 Å². The number of aliphatic carboxylic acids is 1. The largest absolute Gasteiger partial charge is 1.00 e. The number of hydrogen-bond acceptors (Lipinski definition) is 4. The molecule has 1 rings (SSSR count). The number of rotatable bonds is 2. The minimum absolute atomic E-state index is 0. The number of carboxylic acids is 1. The maximum absolute atomic E-state index is 10.2. The van der Waals surface area contributed by atoms with Gasteiger partial charge in [0.2, 0.25) is 0 Å². The minimum Gasteiger partial charge on any atom is -0.547 e. The molecule has 2 N–H and O–H groups in total. The fourth-order valence-corrected chi connectivity index (χ4v) is 0.846. The van der Waals surface area contributed by atoms with Crippen molar-refractivity contribution >= 4 is 5.97 Å². The van der Waals surface area contributed by atoms with Gasteiger partial charge in [-0.25, -0.2) is 0 Å². The van der Waals surface area contributed by atoms with Gasteiger partial charge in [-0.1, -0.05) is 18.2 Å². The Balaban J connectivity index is 0.00000144. The average molecular weight is 206 g/mol. The summed E-state index contributed by atoms with van der Waals surface area (Å²) >= 11 is 0. The molecule has 1 atom stereocenters. The van der Waals surface area contributed by atoms with Crippen molar-refractivity contribution in [3.63, 3.8) is 0 Å². The van der Waals surface area contributed by atoms with Gasteiger partial charge in [-0.15, -0.1) is 0 Å². The molecular formula is C8H7KO4. The summed E-state index contributed by atoms with van der Waals surface area (Å²) in [6.45, 7) is 0. The quantitative estimate of drug-likeness (QED) is 0.486. The molecule has 4 nitrogen and oxygen atoms in total. The van der Waals surface area contributed by atoms with Crippen LogP contribution in [0.1, 0.15) is 11.7 Å². The molecule has 0 aliphatic heterocycles. The van der Waals surface area contributed by atoms with E-state index in [-0.39, 0.29) is 62.7 Å². The first kappa shape index (κ1) is 13.1. The van der Waals surface area contributed by atoms with Crippen molar-refractivity contribution < 1.29 is 71.5 Å². The van der Waals surface area contributed by atoms with Crippen LogP contribution in [0.15, 0.2) is 24.3 Å². The van der Waals surface area contributed by atoms with Gasteiger partial charge >= 0.3 is 51.4 Å². The standard InChI is InChI=1S/C8H8O4.K/c9-6-4-2-1-3-5(6)7(10)8(11)12;/h1-4,7,9-10H,(H,11,12);/q;+1/p-1. The van der Waals surface area contributed by atoms with Gasteiger partial charge in [0.25, 0.3) is 0 Å². The molecule has 5 heteroatoms. The second-order valence-corrected chi connectivity index (χ2v) is 2.28. The van der Waals surface area contributed by atoms with E-state index < -0.39 is 12.1 Å². The molecule has 0 saturated heterocycles. The Morgan fingerprint density at radius 2 is 1.92 bits per heavy atom. The Morgan fingerprint density at radius 1 is 1.38 bits per heavy atom. The molecule has 1 aromatic rings. The van der Waals surface area contributed by atoms with Crippen LogP contribution in [0, 0.1) is 0 Å². The van der Waals surface area contributed by atoms with E-state index in [2.05, 4.69) is 0 Å². The molecule has 0 spiro atoms. The molecule has 0 aromatic heterocycles. The molecule has 0 radical (unpaired) electrons. The molecule has 0 aliphatic rings. The number of aliphatic hydroxyl groups excluding tert-OH is 1. The number of carbonyl (C=O) groups is 1. The fraction of sp³-hybridized carbons (Fsp3) is 0.125. The molecule has 0 fully saturated rings. The zero-order chi connectivity index (χ0) is 9.14. The summed E-state index contributed by atoms with van der Waals surface area (Å²) in [5, 5.41) is 28.2. The predicted octanol–water partition coefficient (Wildman–Crippen LogP) is -3.82. The van der Waals surface area contributed by atoms with Crippen LogP contribution in [0.5, 0.6) is 5.75 Å². The Kier molecular flexibility index (Phi) is 5.78. The number of hydrogen-bond donors (Lipinski definition) is 2. The zero-order valence-electron chi connectivity index (χ0n) is 7.10. The van der Waals surface area contributed by atoms with Gasteiger partial charge in [-0.05, 0) is 6.07 Å². The van der Waals surface area contributed by atoms with Crippen LogP contribution in [0.3, 0.4) is 0 Å². The molecule has 0 saturated carbocycles. The Hall–Kier alpha value is 0.0864. The smallest absolute Gasteiger partial charge is 0.547 e. The molecule has 1 unspecified atom stereocenters. The molecule has 0 heterocycles. The van der Waals surface area contributed by atoms with E-state index in [1.54, 1.807) is 0 Å². The predicted molar refractivity (Wildman–Crippen MR) is 38.1 cm³/mol. The average Bonchev–Trinajstić information content (AvgIpc) is 2.04. The van der Waals surface area contributed by atoms with Gasteiger partial charge in [0, 0.05) is 5.56 Å². The summed E-state index contributed by atoms with van der Waals surface area (Å²) in [4.78, 5) is 10.2. The van der Waals surface area contributed by atoms with Crippen LogP contribution in [0.4, 0.5) is 0 Å². The summed E-state index contributed by atoms with van der Waals surface area (Å²) in [6, 6.07) is 5.65. The van der Waals surface area contributed by atoms with Crippen molar-refractivity contribution in [3.05, 3.63) is 29.8 Å². The molecule has 64 valence electrons. The first-order valence-electron chi connectivity index (χ1n) is 3.29. The van der Waals surface area contributed by atoms with Crippen LogP contribution in [-0.4, -0.2) is 16.2 Å². The van der Waals surface area contributed by atoms with Crippen molar-refractivity contribution in [2.45, 2.75) is 6.10 Å². The number of phenols is 1. The number of benzene rings is 1. The van der Waals surface area contributed by atoms with E-state index in [4.69, 9.17) is 10.2 Å². The van der Waals surface area contributed by atoms with Gasteiger partial charge in [0.15, 0.2) is 0 Å². The fourth-order valence-electron chi connectivity index (χ4n) is 0.846.